The molecule has 2 N–H and O–H groups in total. The van der Waals surface area contributed by atoms with Crippen LogP contribution in [0.2, 0.25) is 5.15 Å². The van der Waals surface area contributed by atoms with Gasteiger partial charge in [-0.1, -0.05) is 17.7 Å². The maximum Gasteiger partial charge on any atom is 0.191 e. The van der Waals surface area contributed by atoms with E-state index in [1.807, 2.05) is 18.3 Å². The van der Waals surface area contributed by atoms with Crippen molar-refractivity contribution in [2.45, 2.75) is 32.6 Å². The summed E-state index contributed by atoms with van der Waals surface area (Å²) in [7, 11) is 0. The van der Waals surface area contributed by atoms with E-state index in [0.29, 0.717) is 5.15 Å². The smallest absolute Gasteiger partial charge is 0.191 e. The number of pyridine rings is 1. The number of halogens is 1. The van der Waals surface area contributed by atoms with Gasteiger partial charge in [0.2, 0.25) is 0 Å². The van der Waals surface area contributed by atoms with E-state index >= 15 is 0 Å². The molecular weight excluding hydrogens is 380 g/mol. The van der Waals surface area contributed by atoms with Crippen LogP contribution in [0.5, 0.6) is 0 Å². The molecule has 3 heterocycles. The molecule has 0 spiro atoms. The Balaban J connectivity index is 1.44. The molecule has 8 heteroatoms. The summed E-state index contributed by atoms with van der Waals surface area (Å²) >= 11 is 7.57. The van der Waals surface area contributed by atoms with Gasteiger partial charge in [0.25, 0.3) is 0 Å². The number of aliphatic imine (C=N–C) groups is 1. The lowest BCUT2D eigenvalue weighted by Crippen LogP contribution is -2.38. The van der Waals surface area contributed by atoms with Gasteiger partial charge in [0.1, 0.15) is 5.15 Å². The number of rotatable bonds is 8. The molecule has 0 bridgehead atoms. The maximum atomic E-state index is 5.82. The van der Waals surface area contributed by atoms with Crippen molar-refractivity contribution in [2.75, 3.05) is 37.6 Å². The average molecular weight is 407 g/mol. The highest BCUT2D eigenvalue weighted by Crippen LogP contribution is 2.24. The van der Waals surface area contributed by atoms with Crippen LogP contribution in [0.15, 0.2) is 28.7 Å². The second-order valence-electron chi connectivity index (χ2n) is 6.49. The largest absolute Gasteiger partial charge is 0.357 e. The molecule has 0 aliphatic carbocycles. The van der Waals surface area contributed by atoms with Crippen molar-refractivity contribution in [1.82, 2.24) is 20.6 Å². The number of nitrogens with one attached hydrogen (secondary N) is 2. The topological polar surface area (TPSA) is 65.4 Å². The number of nitrogens with zero attached hydrogens (tertiary/aromatic N) is 4. The Kier molecular flexibility index (Phi) is 7.71. The third kappa shape index (κ3) is 6.36. The molecule has 2 aromatic rings. The van der Waals surface area contributed by atoms with E-state index in [2.05, 4.69) is 37.8 Å². The summed E-state index contributed by atoms with van der Waals surface area (Å²) in [5.74, 6) is 0.842. The summed E-state index contributed by atoms with van der Waals surface area (Å²) in [5.41, 5.74) is 2.29. The van der Waals surface area contributed by atoms with Crippen LogP contribution in [0.3, 0.4) is 0 Å². The minimum absolute atomic E-state index is 0.525. The Morgan fingerprint density at radius 1 is 1.26 bits per heavy atom. The van der Waals surface area contributed by atoms with Gasteiger partial charge in [-0.05, 0) is 37.8 Å². The number of hydrogen-bond acceptors (Lipinski definition) is 5. The normalized spacial score (nSPS) is 14.6. The standard InChI is InChI=1S/C19H27ClN6S/c1-2-21-18(22-9-7-15-5-6-17(20)24-13-15)23-10-8-16-14-27-19(25-16)26-11-3-4-12-26/h5-6,13-14H,2-4,7-12H2,1H3,(H2,21,22,23). The first-order chi connectivity index (χ1) is 13.2. The molecule has 0 unspecified atom stereocenters. The van der Waals surface area contributed by atoms with Gasteiger partial charge >= 0.3 is 0 Å². The molecule has 1 saturated heterocycles. The first-order valence-corrected chi connectivity index (χ1v) is 10.8. The summed E-state index contributed by atoms with van der Waals surface area (Å²) in [5, 5.41) is 10.5. The van der Waals surface area contributed by atoms with Gasteiger partial charge in [-0.3, -0.25) is 4.99 Å². The molecule has 2 aromatic heterocycles. The van der Waals surface area contributed by atoms with Gasteiger partial charge in [-0.25, -0.2) is 9.97 Å². The van der Waals surface area contributed by atoms with Gasteiger partial charge in [-0.15, -0.1) is 11.3 Å². The van der Waals surface area contributed by atoms with Crippen LogP contribution in [-0.2, 0) is 12.8 Å². The molecule has 0 radical (unpaired) electrons. The maximum absolute atomic E-state index is 5.82. The lowest BCUT2D eigenvalue weighted by molar-refractivity contribution is 0.793. The van der Waals surface area contributed by atoms with Crippen molar-refractivity contribution in [1.29, 1.82) is 0 Å². The molecule has 0 aromatic carbocycles. The lowest BCUT2D eigenvalue weighted by Gasteiger charge is -2.12. The number of anilines is 1. The van der Waals surface area contributed by atoms with E-state index in [4.69, 9.17) is 16.6 Å². The summed E-state index contributed by atoms with van der Waals surface area (Å²) in [4.78, 5) is 15.9. The number of hydrogen-bond donors (Lipinski definition) is 2. The van der Waals surface area contributed by atoms with Crippen LogP contribution in [-0.4, -0.2) is 48.7 Å². The van der Waals surface area contributed by atoms with Crippen LogP contribution < -0.4 is 15.5 Å². The van der Waals surface area contributed by atoms with Gasteiger partial charge in [0.15, 0.2) is 11.1 Å². The highest BCUT2D eigenvalue weighted by atomic mass is 35.5. The summed E-state index contributed by atoms with van der Waals surface area (Å²) in [6.45, 7) is 6.71. The minimum Gasteiger partial charge on any atom is -0.357 e. The van der Waals surface area contributed by atoms with Crippen LogP contribution in [0.25, 0.3) is 0 Å². The highest BCUT2D eigenvalue weighted by Gasteiger charge is 2.15. The molecule has 6 nitrogen and oxygen atoms in total. The van der Waals surface area contributed by atoms with E-state index < -0.39 is 0 Å². The van der Waals surface area contributed by atoms with Gasteiger partial charge in [0.05, 0.1) is 5.69 Å². The molecule has 1 aliphatic rings. The Labute approximate surface area is 170 Å². The van der Waals surface area contributed by atoms with Gasteiger partial charge < -0.3 is 15.5 Å². The number of thiazole rings is 1. The van der Waals surface area contributed by atoms with E-state index in [-0.39, 0.29) is 0 Å². The van der Waals surface area contributed by atoms with E-state index in [9.17, 15) is 0 Å². The van der Waals surface area contributed by atoms with E-state index in [0.717, 1.165) is 67.9 Å². The zero-order valence-electron chi connectivity index (χ0n) is 15.7. The average Bonchev–Trinajstić information content (AvgIpc) is 3.35. The SMILES string of the molecule is CCNC(=NCCc1csc(N2CCCC2)n1)NCCc1ccc(Cl)nc1. The summed E-state index contributed by atoms with van der Waals surface area (Å²) in [6.07, 6.45) is 6.11. The molecule has 0 atom stereocenters. The monoisotopic (exact) mass is 406 g/mol. The summed E-state index contributed by atoms with van der Waals surface area (Å²) < 4.78 is 0. The number of guanidine groups is 1. The summed E-state index contributed by atoms with van der Waals surface area (Å²) in [6, 6.07) is 3.82. The van der Waals surface area contributed by atoms with Gasteiger partial charge in [0, 0.05) is 50.7 Å². The zero-order chi connectivity index (χ0) is 18.9. The first kappa shape index (κ1) is 19.9. The molecule has 27 heavy (non-hydrogen) atoms. The van der Waals surface area contributed by atoms with Crippen molar-refractivity contribution in [2.24, 2.45) is 4.99 Å². The van der Waals surface area contributed by atoms with Gasteiger partial charge in [-0.2, -0.15) is 0 Å². The van der Waals surface area contributed by atoms with Crippen molar-refractivity contribution in [3.05, 3.63) is 40.1 Å². The fraction of sp³-hybridized carbons (Fsp3) is 0.526. The predicted molar refractivity (Wildman–Crippen MR) is 114 cm³/mol. The van der Waals surface area contributed by atoms with Crippen LogP contribution in [0.1, 0.15) is 31.0 Å². The quantitative estimate of drug-likeness (QED) is 0.400. The third-order valence-electron chi connectivity index (χ3n) is 4.39. The van der Waals surface area contributed by atoms with Crippen LogP contribution in [0.4, 0.5) is 5.13 Å². The minimum atomic E-state index is 0.525. The van der Waals surface area contributed by atoms with Crippen molar-refractivity contribution < 1.29 is 0 Å². The Bertz CT molecular complexity index is 724. The molecule has 1 fully saturated rings. The number of aromatic nitrogens is 2. The first-order valence-electron chi connectivity index (χ1n) is 9.56. The molecule has 0 amide bonds. The van der Waals surface area contributed by atoms with E-state index in [1.54, 1.807) is 11.3 Å². The Hall–Kier alpha value is -1.86. The van der Waals surface area contributed by atoms with Crippen molar-refractivity contribution in [3.8, 4) is 0 Å². The van der Waals surface area contributed by atoms with Crippen LogP contribution in [0, 0.1) is 0 Å². The van der Waals surface area contributed by atoms with Crippen molar-refractivity contribution >= 4 is 34.0 Å². The second-order valence-corrected chi connectivity index (χ2v) is 7.72. The van der Waals surface area contributed by atoms with Crippen molar-refractivity contribution in [3.63, 3.8) is 0 Å². The Morgan fingerprint density at radius 3 is 2.85 bits per heavy atom. The predicted octanol–water partition coefficient (Wildman–Crippen LogP) is 3.13. The lowest BCUT2D eigenvalue weighted by atomic mass is 10.2. The van der Waals surface area contributed by atoms with Crippen LogP contribution >= 0.6 is 22.9 Å². The molecular formula is C19H27ClN6S. The molecule has 3 rings (SSSR count). The third-order valence-corrected chi connectivity index (χ3v) is 5.57. The highest BCUT2D eigenvalue weighted by molar-refractivity contribution is 7.13. The Morgan fingerprint density at radius 2 is 2.11 bits per heavy atom. The molecule has 146 valence electrons. The zero-order valence-corrected chi connectivity index (χ0v) is 17.3. The molecule has 0 saturated carbocycles. The van der Waals surface area contributed by atoms with E-state index in [1.165, 1.54) is 12.8 Å². The second kappa shape index (κ2) is 10.5. The fourth-order valence-corrected chi connectivity index (χ4v) is 3.99. The fourth-order valence-electron chi connectivity index (χ4n) is 2.97. The molecule has 1 aliphatic heterocycles.